The highest BCUT2D eigenvalue weighted by Crippen LogP contribution is 2.25. The third-order valence-corrected chi connectivity index (χ3v) is 4.04. The van der Waals surface area contributed by atoms with Crippen LogP contribution in [0.2, 0.25) is 5.15 Å². The molecule has 0 N–H and O–H groups in total. The molecule has 0 bridgehead atoms. The van der Waals surface area contributed by atoms with E-state index in [2.05, 4.69) is 23.8 Å². The van der Waals surface area contributed by atoms with E-state index in [1.165, 1.54) is 18.8 Å². The Morgan fingerprint density at radius 3 is 2.74 bits per heavy atom. The molecule has 1 aliphatic rings. The van der Waals surface area contributed by atoms with E-state index in [1.807, 2.05) is 4.90 Å². The Labute approximate surface area is 119 Å². The molecule has 1 saturated heterocycles. The van der Waals surface area contributed by atoms with E-state index in [1.54, 1.807) is 0 Å². The molecule has 1 unspecified atom stereocenters. The summed E-state index contributed by atoms with van der Waals surface area (Å²) >= 11 is 5.68. The largest absolute Gasteiger partial charge is 0.337 e. The highest BCUT2D eigenvalue weighted by Gasteiger charge is 2.23. The third kappa shape index (κ3) is 3.66. The van der Waals surface area contributed by atoms with Gasteiger partial charge in [-0.3, -0.25) is 4.79 Å². The van der Waals surface area contributed by atoms with Crippen molar-refractivity contribution in [2.45, 2.75) is 33.1 Å². The minimum absolute atomic E-state index is 0.0337. The number of likely N-dealkylation sites (tertiary alicyclic amines) is 1. The molecule has 1 amide bonds. The van der Waals surface area contributed by atoms with Gasteiger partial charge in [0.15, 0.2) is 0 Å². The molecule has 0 spiro atoms. The van der Waals surface area contributed by atoms with Crippen LogP contribution in [0.3, 0.4) is 0 Å². The van der Waals surface area contributed by atoms with Crippen LogP contribution in [0, 0.1) is 11.8 Å². The monoisotopic (exact) mass is 281 g/mol. The van der Waals surface area contributed by atoms with Gasteiger partial charge in [-0.2, -0.15) is 0 Å². The maximum absolute atomic E-state index is 12.3. The molecule has 0 saturated carbocycles. The quantitative estimate of drug-likeness (QED) is 0.837. The molecule has 4 nitrogen and oxygen atoms in total. The average molecular weight is 282 g/mol. The van der Waals surface area contributed by atoms with E-state index in [4.69, 9.17) is 11.6 Å². The first-order chi connectivity index (χ1) is 9.08. The molecule has 1 aromatic rings. The lowest BCUT2D eigenvalue weighted by Crippen LogP contribution is -2.32. The maximum atomic E-state index is 12.3. The lowest BCUT2D eigenvalue weighted by Gasteiger charge is -2.21. The van der Waals surface area contributed by atoms with Gasteiger partial charge in [-0.1, -0.05) is 25.4 Å². The molecule has 0 aliphatic carbocycles. The normalized spacial score (nSPS) is 20.4. The van der Waals surface area contributed by atoms with Gasteiger partial charge >= 0.3 is 0 Å². The van der Waals surface area contributed by atoms with Crippen molar-refractivity contribution in [3.63, 3.8) is 0 Å². The summed E-state index contributed by atoms with van der Waals surface area (Å²) in [6.45, 7) is 6.14. The van der Waals surface area contributed by atoms with Crippen LogP contribution in [-0.2, 0) is 0 Å². The Hall–Kier alpha value is -1.16. The summed E-state index contributed by atoms with van der Waals surface area (Å²) in [6.07, 6.45) is 6.22. The van der Waals surface area contributed by atoms with E-state index in [0.29, 0.717) is 22.7 Å². The van der Waals surface area contributed by atoms with Gasteiger partial charge < -0.3 is 4.90 Å². The van der Waals surface area contributed by atoms with Gasteiger partial charge in [-0.15, -0.1) is 0 Å². The Morgan fingerprint density at radius 2 is 2.11 bits per heavy atom. The summed E-state index contributed by atoms with van der Waals surface area (Å²) < 4.78 is 0. The predicted octanol–water partition coefficient (Wildman–Crippen LogP) is 3.03. The summed E-state index contributed by atoms with van der Waals surface area (Å²) in [5.74, 6) is 1.37. The Bertz CT molecular complexity index is 433. The molecule has 1 aromatic heterocycles. The van der Waals surface area contributed by atoms with Crippen LogP contribution in [0.1, 0.15) is 43.6 Å². The lowest BCUT2D eigenvalue weighted by atomic mass is 9.89. The predicted molar refractivity (Wildman–Crippen MR) is 75.1 cm³/mol. The maximum Gasteiger partial charge on any atom is 0.274 e. The van der Waals surface area contributed by atoms with E-state index < -0.39 is 0 Å². The number of rotatable bonds is 2. The fourth-order valence-corrected chi connectivity index (χ4v) is 2.67. The molecule has 2 rings (SSSR count). The van der Waals surface area contributed by atoms with Crippen LogP contribution < -0.4 is 0 Å². The van der Waals surface area contributed by atoms with Crippen molar-refractivity contribution in [2.24, 2.45) is 11.8 Å². The second-order valence-corrected chi connectivity index (χ2v) is 5.84. The summed E-state index contributed by atoms with van der Waals surface area (Å²) in [5.41, 5.74) is 0.382. The minimum atomic E-state index is -0.0337. The van der Waals surface area contributed by atoms with Crippen molar-refractivity contribution >= 4 is 17.5 Å². The first kappa shape index (κ1) is 14.3. The van der Waals surface area contributed by atoms with Crippen molar-refractivity contribution in [2.75, 3.05) is 13.1 Å². The molecule has 1 fully saturated rings. The average Bonchev–Trinajstić information content (AvgIpc) is 2.64. The first-order valence-electron chi connectivity index (χ1n) is 6.84. The number of hydrogen-bond acceptors (Lipinski definition) is 3. The van der Waals surface area contributed by atoms with Gasteiger partial charge in [-0.25, -0.2) is 9.97 Å². The number of nitrogens with zero attached hydrogens (tertiary/aromatic N) is 3. The van der Waals surface area contributed by atoms with Gasteiger partial charge in [0.1, 0.15) is 10.8 Å². The standard InChI is InChI=1S/C14H20ClN3O/c1-10(2)11-4-3-6-18(7-5-11)14(19)12-8-17-13(15)9-16-12/h8-11H,3-7H2,1-2H3. The number of aromatic nitrogens is 2. The molecular formula is C14H20ClN3O. The summed E-state index contributed by atoms with van der Waals surface area (Å²) in [5, 5.41) is 0.312. The molecule has 1 aliphatic heterocycles. The van der Waals surface area contributed by atoms with Crippen LogP contribution in [0.15, 0.2) is 12.4 Å². The molecule has 1 atom stereocenters. The fraction of sp³-hybridized carbons (Fsp3) is 0.643. The summed E-state index contributed by atoms with van der Waals surface area (Å²) in [4.78, 5) is 22.2. The second-order valence-electron chi connectivity index (χ2n) is 5.45. The number of carbonyl (C=O) groups excluding carboxylic acids is 1. The van der Waals surface area contributed by atoms with E-state index in [-0.39, 0.29) is 5.91 Å². The minimum Gasteiger partial charge on any atom is -0.337 e. The van der Waals surface area contributed by atoms with Crippen LogP contribution in [-0.4, -0.2) is 33.9 Å². The third-order valence-electron chi connectivity index (χ3n) is 3.84. The van der Waals surface area contributed by atoms with Crippen molar-refractivity contribution in [3.8, 4) is 0 Å². The molecular weight excluding hydrogens is 262 g/mol. The second kappa shape index (κ2) is 6.33. The smallest absolute Gasteiger partial charge is 0.274 e. The Kier molecular flexibility index (Phi) is 4.75. The summed E-state index contributed by atoms with van der Waals surface area (Å²) in [7, 11) is 0. The van der Waals surface area contributed by atoms with E-state index in [9.17, 15) is 4.79 Å². The van der Waals surface area contributed by atoms with Crippen molar-refractivity contribution in [3.05, 3.63) is 23.2 Å². The molecule has 2 heterocycles. The number of halogens is 1. The van der Waals surface area contributed by atoms with Gasteiger partial charge in [0, 0.05) is 13.1 Å². The van der Waals surface area contributed by atoms with Crippen molar-refractivity contribution in [1.29, 1.82) is 0 Å². The number of amides is 1. The first-order valence-corrected chi connectivity index (χ1v) is 7.22. The molecule has 104 valence electrons. The zero-order chi connectivity index (χ0) is 13.8. The number of hydrogen-bond donors (Lipinski definition) is 0. The van der Waals surface area contributed by atoms with Crippen LogP contribution >= 0.6 is 11.6 Å². The van der Waals surface area contributed by atoms with Crippen LogP contribution in [0.4, 0.5) is 0 Å². The van der Waals surface area contributed by atoms with Crippen molar-refractivity contribution in [1.82, 2.24) is 14.9 Å². The van der Waals surface area contributed by atoms with Crippen LogP contribution in [0.5, 0.6) is 0 Å². The van der Waals surface area contributed by atoms with Gasteiger partial charge in [-0.05, 0) is 31.1 Å². The molecule has 19 heavy (non-hydrogen) atoms. The molecule has 5 heteroatoms. The van der Waals surface area contributed by atoms with Gasteiger partial charge in [0.25, 0.3) is 5.91 Å². The topological polar surface area (TPSA) is 46.1 Å². The zero-order valence-corrected chi connectivity index (χ0v) is 12.2. The van der Waals surface area contributed by atoms with Crippen molar-refractivity contribution < 1.29 is 4.79 Å². The van der Waals surface area contributed by atoms with E-state index in [0.717, 1.165) is 25.9 Å². The fourth-order valence-electron chi connectivity index (χ4n) is 2.58. The highest BCUT2D eigenvalue weighted by atomic mass is 35.5. The SMILES string of the molecule is CC(C)C1CCCN(C(=O)c2cnc(Cl)cn2)CC1. The van der Waals surface area contributed by atoms with Gasteiger partial charge in [0.05, 0.1) is 12.4 Å². The lowest BCUT2D eigenvalue weighted by molar-refractivity contribution is 0.0752. The van der Waals surface area contributed by atoms with E-state index >= 15 is 0 Å². The Balaban J connectivity index is 2.02. The molecule has 0 aromatic carbocycles. The zero-order valence-electron chi connectivity index (χ0n) is 11.5. The highest BCUT2D eigenvalue weighted by molar-refractivity contribution is 6.29. The Morgan fingerprint density at radius 1 is 1.32 bits per heavy atom. The van der Waals surface area contributed by atoms with Crippen LogP contribution in [0.25, 0.3) is 0 Å². The molecule has 0 radical (unpaired) electrons. The van der Waals surface area contributed by atoms with Gasteiger partial charge in [0.2, 0.25) is 0 Å². The number of carbonyl (C=O) groups is 1. The summed E-state index contributed by atoms with van der Waals surface area (Å²) in [6, 6.07) is 0.